The number of hydrogen-bond acceptors (Lipinski definition) is 3. The molecule has 3 aromatic rings. The van der Waals surface area contributed by atoms with Crippen LogP contribution < -0.4 is 0 Å². The zero-order valence-electron chi connectivity index (χ0n) is 17.0. The highest BCUT2D eigenvalue weighted by Gasteiger charge is 2.58. The highest BCUT2D eigenvalue weighted by atomic mass is 32.2. The molecule has 4 heteroatoms. The lowest BCUT2D eigenvalue weighted by Crippen LogP contribution is -2.48. The predicted molar refractivity (Wildman–Crippen MR) is 120 cm³/mol. The predicted octanol–water partition coefficient (Wildman–Crippen LogP) is 5.18. The fourth-order valence-corrected chi connectivity index (χ4v) is 7.70. The average Bonchev–Trinajstić information content (AvgIpc) is 2.97. The van der Waals surface area contributed by atoms with Gasteiger partial charge in [0.15, 0.2) is 9.84 Å². The van der Waals surface area contributed by atoms with Crippen molar-refractivity contribution < 1.29 is 8.42 Å². The Morgan fingerprint density at radius 3 is 2.10 bits per heavy atom. The smallest absolute Gasteiger partial charge is 0.182 e. The van der Waals surface area contributed by atoms with Gasteiger partial charge in [-0.2, -0.15) is 0 Å². The normalized spacial score (nSPS) is 26.5. The van der Waals surface area contributed by atoms with Gasteiger partial charge in [-0.25, -0.2) is 8.42 Å². The molecule has 3 nitrogen and oxygen atoms in total. The first-order valence-corrected chi connectivity index (χ1v) is 12.3. The van der Waals surface area contributed by atoms with E-state index in [4.69, 9.17) is 0 Å². The maximum absolute atomic E-state index is 13.7. The number of sulfone groups is 1. The molecule has 0 N–H and O–H groups in total. The summed E-state index contributed by atoms with van der Waals surface area (Å²) in [4.78, 5) is 2.96. The second-order valence-electron chi connectivity index (χ2n) is 8.57. The molecule has 0 saturated carbocycles. The summed E-state index contributed by atoms with van der Waals surface area (Å²) in [5, 5.41) is -0.383. The molecule has 2 heterocycles. The number of nitrogens with zero attached hydrogens (tertiary/aromatic N) is 1. The van der Waals surface area contributed by atoms with E-state index in [1.807, 2.05) is 30.3 Å². The second-order valence-corrected chi connectivity index (χ2v) is 10.7. The van der Waals surface area contributed by atoms with Crippen LogP contribution in [0, 0.1) is 0 Å². The van der Waals surface area contributed by atoms with Gasteiger partial charge in [0.1, 0.15) is 0 Å². The molecule has 2 aliphatic rings. The van der Waals surface area contributed by atoms with Crippen molar-refractivity contribution in [2.75, 3.05) is 0 Å². The molecule has 0 aromatic heterocycles. The Bertz CT molecular complexity index is 1100. The molecule has 5 rings (SSSR count). The first kappa shape index (κ1) is 19.5. The minimum atomic E-state index is -3.41. The van der Waals surface area contributed by atoms with Crippen LogP contribution in [0.25, 0.3) is 0 Å². The van der Waals surface area contributed by atoms with Gasteiger partial charge < -0.3 is 0 Å². The van der Waals surface area contributed by atoms with Crippen molar-refractivity contribution in [2.45, 2.75) is 54.0 Å². The van der Waals surface area contributed by atoms with Crippen LogP contribution in [-0.2, 0) is 21.9 Å². The van der Waals surface area contributed by atoms with Crippen LogP contribution in [-0.4, -0.2) is 24.6 Å². The first-order valence-electron chi connectivity index (χ1n) is 10.8. The number of piperidine rings is 1. The molecule has 2 aliphatic heterocycles. The molecule has 0 aliphatic carbocycles. The molecule has 0 spiro atoms. The van der Waals surface area contributed by atoms with Crippen LogP contribution in [0.1, 0.15) is 36.8 Å². The third kappa shape index (κ3) is 3.19. The van der Waals surface area contributed by atoms with Crippen molar-refractivity contribution in [3.63, 3.8) is 0 Å². The topological polar surface area (TPSA) is 37.4 Å². The average molecular weight is 418 g/mol. The summed E-state index contributed by atoms with van der Waals surface area (Å²) >= 11 is 0. The summed E-state index contributed by atoms with van der Waals surface area (Å²) in [6.07, 6.45) is 3.65. The zero-order chi connectivity index (χ0) is 20.6. The monoisotopic (exact) mass is 417 g/mol. The maximum Gasteiger partial charge on any atom is 0.182 e. The molecular formula is C26H27NO2S. The van der Waals surface area contributed by atoms with Crippen molar-refractivity contribution in [2.24, 2.45) is 0 Å². The van der Waals surface area contributed by atoms with Crippen LogP contribution in [0.4, 0.5) is 0 Å². The highest BCUT2D eigenvalue weighted by molar-refractivity contribution is 7.92. The Labute approximate surface area is 179 Å². The van der Waals surface area contributed by atoms with E-state index >= 15 is 0 Å². The van der Waals surface area contributed by atoms with E-state index in [2.05, 4.69) is 53.4 Å². The van der Waals surface area contributed by atoms with Gasteiger partial charge >= 0.3 is 0 Å². The minimum absolute atomic E-state index is 0.0318. The van der Waals surface area contributed by atoms with Gasteiger partial charge in [0, 0.05) is 18.1 Å². The first-order chi connectivity index (χ1) is 14.6. The molecule has 154 valence electrons. The molecule has 2 saturated heterocycles. The van der Waals surface area contributed by atoms with Crippen LogP contribution in [0.5, 0.6) is 0 Å². The molecule has 30 heavy (non-hydrogen) atoms. The van der Waals surface area contributed by atoms with E-state index in [0.717, 1.165) is 25.8 Å². The lowest BCUT2D eigenvalue weighted by Gasteiger charge is -2.45. The van der Waals surface area contributed by atoms with E-state index < -0.39 is 9.84 Å². The molecule has 2 fully saturated rings. The highest BCUT2D eigenvalue weighted by Crippen LogP contribution is 2.53. The quantitative estimate of drug-likeness (QED) is 0.574. The number of hydrogen-bond donors (Lipinski definition) is 0. The summed E-state index contributed by atoms with van der Waals surface area (Å²) in [5.74, 6) is 0. The largest absolute Gasteiger partial charge is 0.285 e. The summed E-state index contributed by atoms with van der Waals surface area (Å²) in [6, 6.07) is 30.0. The Morgan fingerprint density at radius 1 is 0.833 bits per heavy atom. The van der Waals surface area contributed by atoms with Crippen LogP contribution in [0.2, 0.25) is 0 Å². The van der Waals surface area contributed by atoms with Crippen molar-refractivity contribution in [1.29, 1.82) is 0 Å². The van der Waals surface area contributed by atoms with Crippen molar-refractivity contribution in [1.82, 2.24) is 4.90 Å². The van der Waals surface area contributed by atoms with E-state index in [9.17, 15) is 8.42 Å². The van der Waals surface area contributed by atoms with Crippen molar-refractivity contribution >= 4 is 9.84 Å². The van der Waals surface area contributed by atoms with E-state index in [0.29, 0.717) is 11.3 Å². The van der Waals surface area contributed by atoms with Gasteiger partial charge in [-0.3, -0.25) is 4.90 Å². The van der Waals surface area contributed by atoms with Gasteiger partial charge in [-0.1, -0.05) is 78.9 Å². The maximum atomic E-state index is 13.7. The van der Waals surface area contributed by atoms with Gasteiger partial charge in [0.25, 0.3) is 0 Å². The Morgan fingerprint density at radius 2 is 1.43 bits per heavy atom. The summed E-state index contributed by atoms with van der Waals surface area (Å²) in [7, 11) is -3.41. The van der Waals surface area contributed by atoms with Gasteiger partial charge in [-0.15, -0.1) is 0 Å². The fourth-order valence-electron chi connectivity index (χ4n) is 5.62. The number of rotatable bonds is 5. The third-order valence-corrected chi connectivity index (χ3v) is 9.19. The fraction of sp³-hybridized carbons (Fsp3) is 0.308. The van der Waals surface area contributed by atoms with Crippen LogP contribution >= 0.6 is 0 Å². The lowest BCUT2D eigenvalue weighted by atomic mass is 9.81. The Balaban J connectivity index is 1.61. The van der Waals surface area contributed by atoms with E-state index in [1.54, 1.807) is 12.1 Å². The summed E-state index contributed by atoms with van der Waals surface area (Å²) < 4.78 is 27.4. The van der Waals surface area contributed by atoms with Crippen LogP contribution in [0.3, 0.4) is 0 Å². The second kappa shape index (κ2) is 7.68. The van der Waals surface area contributed by atoms with E-state index in [1.165, 1.54) is 11.1 Å². The molecule has 0 amide bonds. The summed E-state index contributed by atoms with van der Waals surface area (Å²) in [5.41, 5.74) is 2.26. The van der Waals surface area contributed by atoms with Gasteiger partial charge in [0.05, 0.1) is 10.1 Å². The van der Waals surface area contributed by atoms with Crippen molar-refractivity contribution in [3.05, 3.63) is 102 Å². The number of benzene rings is 3. The molecular weight excluding hydrogens is 390 g/mol. The SMILES string of the molecule is O=S(=O)(c1ccccc1)C1CC2(c3ccccc3)CCCC1N2Cc1ccccc1. The summed E-state index contributed by atoms with van der Waals surface area (Å²) in [6.45, 7) is 0.779. The molecule has 2 bridgehead atoms. The van der Waals surface area contributed by atoms with E-state index in [-0.39, 0.29) is 16.8 Å². The Hall–Kier alpha value is -2.43. The van der Waals surface area contributed by atoms with Gasteiger partial charge in [0.2, 0.25) is 0 Å². The van der Waals surface area contributed by atoms with Crippen LogP contribution in [0.15, 0.2) is 95.9 Å². The third-order valence-electron chi connectivity index (χ3n) is 6.99. The minimum Gasteiger partial charge on any atom is -0.285 e. The zero-order valence-corrected chi connectivity index (χ0v) is 17.8. The molecule has 3 aromatic carbocycles. The standard InChI is InChI=1S/C26H27NO2S/c28-30(29,23-15-8-3-9-16-23)25-19-26(22-13-6-2-7-14-22)18-10-17-24(25)27(26)20-21-11-4-1-5-12-21/h1-9,11-16,24-25H,10,17-20H2. The molecule has 3 atom stereocenters. The van der Waals surface area contributed by atoms with Gasteiger partial charge in [-0.05, 0) is 48.9 Å². The lowest BCUT2D eigenvalue weighted by molar-refractivity contribution is 0.0428. The van der Waals surface area contributed by atoms with Crippen molar-refractivity contribution in [3.8, 4) is 0 Å². The molecule has 3 unspecified atom stereocenters. The Kier molecular flexibility index (Phi) is 5.00. The molecule has 0 radical (unpaired) electrons. The number of fused-ring (bicyclic) bond motifs is 2.